The van der Waals surface area contributed by atoms with Crippen LogP contribution in [-0.4, -0.2) is 50.3 Å². The third-order valence-electron chi connectivity index (χ3n) is 4.49. The predicted octanol–water partition coefficient (Wildman–Crippen LogP) is 4.24. The highest BCUT2D eigenvalue weighted by Crippen LogP contribution is 2.25. The van der Waals surface area contributed by atoms with E-state index in [2.05, 4.69) is 4.74 Å². The fourth-order valence-corrected chi connectivity index (χ4v) is 4.19. The Morgan fingerprint density at radius 3 is 2.23 bits per heavy atom. The Morgan fingerprint density at radius 1 is 1.10 bits per heavy atom. The van der Waals surface area contributed by atoms with Crippen molar-refractivity contribution in [2.45, 2.75) is 37.9 Å². The second-order valence-corrected chi connectivity index (χ2v) is 9.35. The average Bonchev–Trinajstić information content (AvgIpc) is 2.68. The van der Waals surface area contributed by atoms with Gasteiger partial charge in [0, 0.05) is 26.7 Å². The fourth-order valence-electron chi connectivity index (χ4n) is 2.60. The lowest BCUT2D eigenvalue weighted by atomic mass is 10.1. The van der Waals surface area contributed by atoms with Crippen LogP contribution in [-0.2, 0) is 16.6 Å². The van der Waals surface area contributed by atoms with Crippen LogP contribution in [0.15, 0.2) is 47.4 Å². The number of hydrogen-bond donors (Lipinski definition) is 0. The van der Waals surface area contributed by atoms with E-state index in [1.807, 2.05) is 0 Å². The second-order valence-electron chi connectivity index (χ2n) is 6.94. The van der Waals surface area contributed by atoms with Crippen molar-refractivity contribution in [1.29, 1.82) is 0 Å². The number of carbonyl (C=O) groups is 1. The van der Waals surface area contributed by atoms with Crippen molar-refractivity contribution in [3.63, 3.8) is 0 Å². The molecule has 0 radical (unpaired) electrons. The van der Waals surface area contributed by atoms with E-state index in [4.69, 9.17) is 11.6 Å². The molecule has 0 aliphatic rings. The summed E-state index contributed by atoms with van der Waals surface area (Å²) >= 11 is 6.16. The van der Waals surface area contributed by atoms with Crippen molar-refractivity contribution in [3.8, 4) is 5.75 Å². The molecule has 0 N–H and O–H groups in total. The van der Waals surface area contributed by atoms with Gasteiger partial charge in [-0.1, -0.05) is 23.7 Å². The van der Waals surface area contributed by atoms with Crippen molar-refractivity contribution >= 4 is 27.5 Å². The number of rotatable bonds is 8. The number of carbonyl (C=O) groups excluding carboxylic acids is 1. The predicted molar refractivity (Wildman–Crippen MR) is 110 cm³/mol. The minimum Gasteiger partial charge on any atom is -0.435 e. The molecular formula is C20H23ClF2N2O4S. The number of hydrogen-bond acceptors (Lipinski definition) is 4. The number of nitrogens with zero attached hydrogens (tertiary/aromatic N) is 2. The number of halogens is 3. The standard InChI is InChI=1S/C20H23ClF2N2O4S/c1-13(2)25(4)30(27,28)16-9-10-18(21)17(11-16)19(26)24(3)12-14-5-7-15(8-6-14)29-20(22)23/h5-11,13,20H,12H2,1-4H3. The van der Waals surface area contributed by atoms with Gasteiger partial charge in [-0.05, 0) is 49.7 Å². The molecule has 6 nitrogen and oxygen atoms in total. The maximum absolute atomic E-state index is 12.9. The molecule has 2 rings (SSSR count). The molecule has 30 heavy (non-hydrogen) atoms. The third-order valence-corrected chi connectivity index (χ3v) is 6.85. The van der Waals surface area contributed by atoms with Crippen LogP contribution >= 0.6 is 11.6 Å². The van der Waals surface area contributed by atoms with Crippen LogP contribution in [0.1, 0.15) is 29.8 Å². The van der Waals surface area contributed by atoms with Gasteiger partial charge < -0.3 is 9.64 Å². The van der Waals surface area contributed by atoms with E-state index in [-0.39, 0.29) is 33.8 Å². The average molecular weight is 461 g/mol. The summed E-state index contributed by atoms with van der Waals surface area (Å²) in [5.41, 5.74) is 0.724. The lowest BCUT2D eigenvalue weighted by molar-refractivity contribution is -0.0498. The number of amides is 1. The summed E-state index contributed by atoms with van der Waals surface area (Å²) in [6.07, 6.45) is 0. The highest BCUT2D eigenvalue weighted by atomic mass is 35.5. The first-order chi connectivity index (χ1) is 13.9. The minimum absolute atomic E-state index is 0.0120. The molecule has 0 aromatic heterocycles. The van der Waals surface area contributed by atoms with E-state index in [9.17, 15) is 22.0 Å². The molecule has 0 aliphatic carbocycles. The zero-order chi connectivity index (χ0) is 22.6. The fraction of sp³-hybridized carbons (Fsp3) is 0.350. The van der Waals surface area contributed by atoms with Gasteiger partial charge in [0.2, 0.25) is 10.0 Å². The van der Waals surface area contributed by atoms with Gasteiger partial charge in [-0.25, -0.2) is 8.42 Å². The summed E-state index contributed by atoms with van der Waals surface area (Å²) in [6.45, 7) is 0.726. The highest BCUT2D eigenvalue weighted by molar-refractivity contribution is 7.89. The Bertz CT molecular complexity index is 998. The Labute approximate surface area is 180 Å². The number of ether oxygens (including phenoxy) is 1. The zero-order valence-electron chi connectivity index (χ0n) is 17.0. The summed E-state index contributed by atoms with van der Waals surface area (Å²) < 4.78 is 55.4. The lowest BCUT2D eigenvalue weighted by Gasteiger charge is -2.22. The number of sulfonamides is 1. The molecule has 1 amide bonds. The monoisotopic (exact) mass is 460 g/mol. The molecular weight excluding hydrogens is 438 g/mol. The Hall–Kier alpha value is -2.23. The third kappa shape index (κ3) is 5.68. The summed E-state index contributed by atoms with van der Waals surface area (Å²) in [4.78, 5) is 14.2. The largest absolute Gasteiger partial charge is 0.435 e. The number of alkyl halides is 2. The molecule has 164 valence electrons. The maximum atomic E-state index is 12.9. The van der Waals surface area contributed by atoms with Gasteiger partial charge >= 0.3 is 6.61 Å². The van der Waals surface area contributed by atoms with Crippen LogP contribution in [0.2, 0.25) is 5.02 Å². The van der Waals surface area contributed by atoms with Gasteiger partial charge in [0.15, 0.2) is 0 Å². The molecule has 0 saturated heterocycles. The van der Waals surface area contributed by atoms with E-state index in [1.54, 1.807) is 26.0 Å². The van der Waals surface area contributed by atoms with Crippen molar-refractivity contribution in [1.82, 2.24) is 9.21 Å². The number of benzene rings is 2. The molecule has 0 bridgehead atoms. The molecule has 0 aliphatic heterocycles. The molecule has 0 saturated carbocycles. The minimum atomic E-state index is -3.78. The van der Waals surface area contributed by atoms with E-state index in [1.165, 1.54) is 53.6 Å². The van der Waals surface area contributed by atoms with Crippen LogP contribution < -0.4 is 4.74 Å². The van der Waals surface area contributed by atoms with Gasteiger partial charge in [0.1, 0.15) is 5.75 Å². The van der Waals surface area contributed by atoms with Crippen LogP contribution in [0.3, 0.4) is 0 Å². The first-order valence-corrected chi connectivity index (χ1v) is 10.8. The molecule has 0 atom stereocenters. The summed E-state index contributed by atoms with van der Waals surface area (Å²) in [6, 6.07) is 9.60. The first kappa shape index (κ1) is 24.0. The maximum Gasteiger partial charge on any atom is 0.387 e. The first-order valence-electron chi connectivity index (χ1n) is 9.00. The van der Waals surface area contributed by atoms with Crippen LogP contribution in [0.5, 0.6) is 5.75 Å². The van der Waals surface area contributed by atoms with Gasteiger partial charge in [0.05, 0.1) is 15.5 Å². The summed E-state index contributed by atoms with van der Waals surface area (Å²) in [5.74, 6) is -0.463. The van der Waals surface area contributed by atoms with Crippen molar-refractivity contribution in [2.75, 3.05) is 14.1 Å². The topological polar surface area (TPSA) is 66.9 Å². The van der Waals surface area contributed by atoms with Crippen LogP contribution in [0.4, 0.5) is 8.78 Å². The quantitative estimate of drug-likeness (QED) is 0.591. The van der Waals surface area contributed by atoms with Crippen LogP contribution in [0, 0.1) is 0 Å². The van der Waals surface area contributed by atoms with Gasteiger partial charge in [-0.3, -0.25) is 4.79 Å². The SMILES string of the molecule is CC(C)N(C)S(=O)(=O)c1ccc(Cl)c(C(=O)N(C)Cc2ccc(OC(F)F)cc2)c1. The smallest absolute Gasteiger partial charge is 0.387 e. The van der Waals surface area contributed by atoms with E-state index < -0.39 is 22.5 Å². The Morgan fingerprint density at radius 2 is 1.70 bits per heavy atom. The highest BCUT2D eigenvalue weighted by Gasteiger charge is 2.26. The lowest BCUT2D eigenvalue weighted by Crippen LogP contribution is -2.33. The molecule has 0 heterocycles. The van der Waals surface area contributed by atoms with E-state index >= 15 is 0 Å². The molecule has 0 unspecified atom stereocenters. The van der Waals surface area contributed by atoms with Crippen molar-refractivity contribution in [2.24, 2.45) is 0 Å². The molecule has 10 heteroatoms. The normalized spacial score (nSPS) is 11.9. The molecule has 2 aromatic rings. The van der Waals surface area contributed by atoms with Crippen molar-refractivity contribution < 1.29 is 26.7 Å². The summed E-state index contributed by atoms with van der Waals surface area (Å²) in [5, 5.41) is 0.124. The Balaban J connectivity index is 2.23. The van der Waals surface area contributed by atoms with Gasteiger partial charge in [-0.15, -0.1) is 0 Å². The molecule has 0 fully saturated rings. The van der Waals surface area contributed by atoms with Crippen LogP contribution in [0.25, 0.3) is 0 Å². The molecule has 0 spiro atoms. The summed E-state index contributed by atoms with van der Waals surface area (Å²) in [7, 11) is -0.788. The van der Waals surface area contributed by atoms with Gasteiger partial charge in [0.25, 0.3) is 5.91 Å². The van der Waals surface area contributed by atoms with E-state index in [0.717, 1.165) is 0 Å². The van der Waals surface area contributed by atoms with E-state index in [0.29, 0.717) is 5.56 Å². The Kier molecular flexibility index (Phi) is 7.79. The van der Waals surface area contributed by atoms with Crippen molar-refractivity contribution in [3.05, 3.63) is 58.6 Å². The second kappa shape index (κ2) is 9.72. The zero-order valence-corrected chi connectivity index (χ0v) is 18.5. The molecule has 2 aromatic carbocycles. The van der Waals surface area contributed by atoms with Gasteiger partial charge in [-0.2, -0.15) is 13.1 Å².